The van der Waals surface area contributed by atoms with Gasteiger partial charge < -0.3 is 14.7 Å². The van der Waals surface area contributed by atoms with Crippen LogP contribution in [0.15, 0.2) is 0 Å². The Morgan fingerprint density at radius 2 is 2.07 bits per heavy atom. The highest BCUT2D eigenvalue weighted by Gasteiger charge is 2.17. The summed E-state index contributed by atoms with van der Waals surface area (Å²) in [6, 6.07) is 0. The molecule has 0 rings (SSSR count). The van der Waals surface area contributed by atoms with E-state index < -0.39 is 5.97 Å². The number of aliphatic carboxylic acids is 1. The van der Waals surface area contributed by atoms with Crippen molar-refractivity contribution in [2.75, 3.05) is 20.2 Å². The zero-order valence-corrected chi connectivity index (χ0v) is 9.52. The van der Waals surface area contributed by atoms with Gasteiger partial charge in [-0.3, -0.25) is 9.59 Å². The molecule has 0 aromatic carbocycles. The van der Waals surface area contributed by atoms with E-state index >= 15 is 0 Å². The standard InChI is InChI=1S/C10H19NO4/c1-4-5-11(7-10(13)14)9(12)6-8(2)15-3/h8H,4-7H2,1-3H3,(H,13,14). The van der Waals surface area contributed by atoms with Crippen LogP contribution in [0.4, 0.5) is 0 Å². The van der Waals surface area contributed by atoms with Crippen molar-refractivity contribution in [2.45, 2.75) is 32.8 Å². The molecule has 0 heterocycles. The quantitative estimate of drug-likeness (QED) is 0.682. The highest BCUT2D eigenvalue weighted by Crippen LogP contribution is 2.02. The Bertz CT molecular complexity index is 217. The minimum atomic E-state index is -0.984. The van der Waals surface area contributed by atoms with E-state index in [-0.39, 0.29) is 25.0 Å². The molecule has 0 radical (unpaired) electrons. The largest absolute Gasteiger partial charge is 0.480 e. The molecule has 1 unspecified atom stereocenters. The molecule has 0 saturated carbocycles. The average molecular weight is 217 g/mol. The number of methoxy groups -OCH3 is 1. The number of carbonyl (C=O) groups is 2. The smallest absolute Gasteiger partial charge is 0.323 e. The molecular formula is C10H19NO4. The molecule has 0 bridgehead atoms. The monoisotopic (exact) mass is 217 g/mol. The number of amides is 1. The zero-order valence-electron chi connectivity index (χ0n) is 9.52. The lowest BCUT2D eigenvalue weighted by molar-refractivity contribution is -0.145. The molecule has 5 heteroatoms. The molecule has 0 fully saturated rings. The van der Waals surface area contributed by atoms with E-state index in [1.165, 1.54) is 12.0 Å². The van der Waals surface area contributed by atoms with Gasteiger partial charge in [-0.15, -0.1) is 0 Å². The van der Waals surface area contributed by atoms with Crippen LogP contribution in [-0.2, 0) is 14.3 Å². The lowest BCUT2D eigenvalue weighted by Crippen LogP contribution is -2.37. The SMILES string of the molecule is CCCN(CC(=O)O)C(=O)CC(C)OC. The molecule has 1 amide bonds. The molecule has 15 heavy (non-hydrogen) atoms. The number of ether oxygens (including phenoxy) is 1. The highest BCUT2D eigenvalue weighted by molar-refractivity contribution is 5.81. The van der Waals surface area contributed by atoms with E-state index in [4.69, 9.17) is 9.84 Å². The van der Waals surface area contributed by atoms with E-state index in [2.05, 4.69) is 0 Å². The van der Waals surface area contributed by atoms with E-state index in [1.807, 2.05) is 6.92 Å². The number of nitrogens with zero attached hydrogens (tertiary/aromatic N) is 1. The predicted octanol–water partition coefficient (Wildman–Crippen LogP) is 0.735. The molecule has 0 aromatic heterocycles. The van der Waals surface area contributed by atoms with Gasteiger partial charge >= 0.3 is 5.97 Å². The van der Waals surface area contributed by atoms with E-state index in [0.29, 0.717) is 6.54 Å². The van der Waals surface area contributed by atoms with Crippen molar-refractivity contribution >= 4 is 11.9 Å². The van der Waals surface area contributed by atoms with Gasteiger partial charge in [-0.05, 0) is 13.3 Å². The number of carboxylic acid groups (broad SMARTS) is 1. The minimum absolute atomic E-state index is 0.173. The van der Waals surface area contributed by atoms with Crippen LogP contribution >= 0.6 is 0 Å². The Morgan fingerprint density at radius 3 is 2.47 bits per heavy atom. The van der Waals surface area contributed by atoms with Gasteiger partial charge in [-0.2, -0.15) is 0 Å². The third kappa shape index (κ3) is 6.06. The normalized spacial score (nSPS) is 12.2. The van der Waals surface area contributed by atoms with E-state index in [9.17, 15) is 9.59 Å². The summed E-state index contributed by atoms with van der Waals surface area (Å²) in [5.74, 6) is -1.16. The highest BCUT2D eigenvalue weighted by atomic mass is 16.5. The molecule has 0 aliphatic carbocycles. The zero-order chi connectivity index (χ0) is 11.8. The average Bonchev–Trinajstić information content (AvgIpc) is 2.16. The minimum Gasteiger partial charge on any atom is -0.480 e. The summed E-state index contributed by atoms with van der Waals surface area (Å²) < 4.78 is 4.96. The third-order valence-corrected chi connectivity index (χ3v) is 2.04. The van der Waals surface area contributed by atoms with Crippen LogP contribution in [0.25, 0.3) is 0 Å². The van der Waals surface area contributed by atoms with Gasteiger partial charge in [0.2, 0.25) is 5.91 Å². The Balaban J connectivity index is 4.21. The summed E-state index contributed by atoms with van der Waals surface area (Å²) in [5.41, 5.74) is 0. The molecule has 1 atom stereocenters. The number of hydrogen-bond acceptors (Lipinski definition) is 3. The first-order valence-corrected chi connectivity index (χ1v) is 5.03. The maximum atomic E-state index is 11.6. The van der Waals surface area contributed by atoms with Crippen molar-refractivity contribution in [3.63, 3.8) is 0 Å². The van der Waals surface area contributed by atoms with E-state index in [1.54, 1.807) is 6.92 Å². The molecular weight excluding hydrogens is 198 g/mol. The summed E-state index contributed by atoms with van der Waals surface area (Å²) in [4.78, 5) is 23.5. The van der Waals surface area contributed by atoms with Gasteiger partial charge in [-0.25, -0.2) is 0 Å². The van der Waals surface area contributed by atoms with Gasteiger partial charge in [0.1, 0.15) is 6.54 Å². The fraction of sp³-hybridized carbons (Fsp3) is 0.800. The maximum Gasteiger partial charge on any atom is 0.323 e. The van der Waals surface area contributed by atoms with Crippen LogP contribution in [-0.4, -0.2) is 48.2 Å². The maximum absolute atomic E-state index is 11.6. The second-order valence-corrected chi connectivity index (χ2v) is 3.46. The molecule has 0 aromatic rings. The van der Waals surface area contributed by atoms with Crippen molar-refractivity contribution in [3.8, 4) is 0 Å². The van der Waals surface area contributed by atoms with Crippen molar-refractivity contribution in [2.24, 2.45) is 0 Å². The lowest BCUT2D eigenvalue weighted by Gasteiger charge is -2.21. The summed E-state index contributed by atoms with van der Waals surface area (Å²) in [6.45, 7) is 3.93. The molecule has 0 spiro atoms. The Kier molecular flexibility index (Phi) is 6.70. The Morgan fingerprint density at radius 1 is 1.47 bits per heavy atom. The molecule has 0 saturated heterocycles. The Labute approximate surface area is 90.0 Å². The first-order chi connectivity index (χ1) is 7.01. The molecule has 0 aliphatic heterocycles. The summed E-state index contributed by atoms with van der Waals surface area (Å²) >= 11 is 0. The first-order valence-electron chi connectivity index (χ1n) is 5.03. The van der Waals surface area contributed by atoms with Crippen LogP contribution in [0.1, 0.15) is 26.7 Å². The van der Waals surface area contributed by atoms with Gasteiger partial charge in [0, 0.05) is 13.7 Å². The number of rotatable bonds is 7. The van der Waals surface area contributed by atoms with Crippen molar-refractivity contribution in [1.82, 2.24) is 4.90 Å². The van der Waals surface area contributed by atoms with Crippen molar-refractivity contribution in [3.05, 3.63) is 0 Å². The number of carboxylic acids is 1. The van der Waals surface area contributed by atoms with Crippen LogP contribution in [0.3, 0.4) is 0 Å². The lowest BCUT2D eigenvalue weighted by atomic mass is 10.2. The molecule has 5 nitrogen and oxygen atoms in total. The number of carbonyl (C=O) groups excluding carboxylic acids is 1. The van der Waals surface area contributed by atoms with Crippen LogP contribution < -0.4 is 0 Å². The molecule has 0 aliphatic rings. The van der Waals surface area contributed by atoms with Crippen LogP contribution in [0, 0.1) is 0 Å². The van der Waals surface area contributed by atoms with Crippen molar-refractivity contribution < 1.29 is 19.4 Å². The fourth-order valence-corrected chi connectivity index (χ4v) is 1.18. The van der Waals surface area contributed by atoms with Crippen molar-refractivity contribution in [1.29, 1.82) is 0 Å². The van der Waals surface area contributed by atoms with Gasteiger partial charge in [0.25, 0.3) is 0 Å². The van der Waals surface area contributed by atoms with Gasteiger partial charge in [0.05, 0.1) is 12.5 Å². The van der Waals surface area contributed by atoms with E-state index in [0.717, 1.165) is 6.42 Å². The molecule has 88 valence electrons. The molecule has 1 N–H and O–H groups in total. The first kappa shape index (κ1) is 13.9. The van der Waals surface area contributed by atoms with Gasteiger partial charge in [-0.1, -0.05) is 6.92 Å². The van der Waals surface area contributed by atoms with Crippen LogP contribution in [0.2, 0.25) is 0 Å². The summed E-state index contributed by atoms with van der Waals surface area (Å²) in [7, 11) is 1.53. The predicted molar refractivity (Wildman–Crippen MR) is 55.6 cm³/mol. The fourth-order valence-electron chi connectivity index (χ4n) is 1.18. The Hall–Kier alpha value is -1.10. The summed E-state index contributed by atoms with van der Waals surface area (Å²) in [6.07, 6.45) is 0.801. The second-order valence-electron chi connectivity index (χ2n) is 3.46. The van der Waals surface area contributed by atoms with Gasteiger partial charge in [0.15, 0.2) is 0 Å². The van der Waals surface area contributed by atoms with Crippen LogP contribution in [0.5, 0.6) is 0 Å². The summed E-state index contributed by atoms with van der Waals surface area (Å²) in [5, 5.41) is 8.63. The third-order valence-electron chi connectivity index (χ3n) is 2.04. The second kappa shape index (κ2) is 7.23. The number of hydrogen-bond donors (Lipinski definition) is 1. The topological polar surface area (TPSA) is 66.8 Å².